The maximum Gasteiger partial charge on any atom is 0.222 e. The molecule has 1 amide bonds. The van der Waals surface area contributed by atoms with E-state index in [0.29, 0.717) is 32.0 Å². The van der Waals surface area contributed by atoms with Crippen molar-refractivity contribution in [3.63, 3.8) is 0 Å². The molecule has 0 atom stereocenters. The van der Waals surface area contributed by atoms with Crippen LogP contribution in [0.5, 0.6) is 11.5 Å². The van der Waals surface area contributed by atoms with Gasteiger partial charge in [-0.1, -0.05) is 36.4 Å². The largest absolute Gasteiger partial charge is 0.493 e. The van der Waals surface area contributed by atoms with Crippen LogP contribution in [0.2, 0.25) is 0 Å². The minimum absolute atomic E-state index is 0.0104. The number of carbonyl (C=O) groups is 1. The fourth-order valence-corrected chi connectivity index (χ4v) is 2.86. The van der Waals surface area contributed by atoms with E-state index in [0.717, 1.165) is 35.6 Å². The van der Waals surface area contributed by atoms with Gasteiger partial charge in [0, 0.05) is 26.1 Å². The standard InChI is InChI=1S/C23H32N4O3/c1-4-24-23(25-14-12-18-10-11-20(29-2)21(16-18)30-3)26-15-13-22(28)27-17-19-8-6-5-7-9-19/h5-11,16H,4,12-15,17H2,1-3H3,(H,27,28)(H2,24,25,26). The summed E-state index contributed by atoms with van der Waals surface area (Å²) in [6, 6.07) is 15.8. The van der Waals surface area contributed by atoms with Crippen LogP contribution in [0.3, 0.4) is 0 Å². The molecule has 30 heavy (non-hydrogen) atoms. The average Bonchev–Trinajstić information content (AvgIpc) is 2.78. The molecular weight excluding hydrogens is 380 g/mol. The first-order valence-electron chi connectivity index (χ1n) is 10.2. The first kappa shape index (κ1) is 23.1. The van der Waals surface area contributed by atoms with E-state index in [2.05, 4.69) is 20.9 Å². The van der Waals surface area contributed by atoms with E-state index in [1.165, 1.54) is 0 Å². The lowest BCUT2D eigenvalue weighted by atomic mass is 10.1. The highest BCUT2D eigenvalue weighted by Crippen LogP contribution is 2.27. The Kier molecular flexibility index (Phi) is 10.1. The molecule has 162 valence electrons. The van der Waals surface area contributed by atoms with Gasteiger partial charge in [0.2, 0.25) is 5.91 Å². The van der Waals surface area contributed by atoms with E-state index in [9.17, 15) is 4.79 Å². The number of nitrogens with zero attached hydrogens (tertiary/aromatic N) is 1. The second-order valence-electron chi connectivity index (χ2n) is 6.64. The van der Waals surface area contributed by atoms with E-state index < -0.39 is 0 Å². The number of hydrogen-bond acceptors (Lipinski definition) is 4. The summed E-state index contributed by atoms with van der Waals surface area (Å²) in [7, 11) is 3.26. The Labute approximate surface area is 178 Å². The molecule has 2 rings (SSSR count). The van der Waals surface area contributed by atoms with Crippen molar-refractivity contribution < 1.29 is 14.3 Å². The summed E-state index contributed by atoms with van der Waals surface area (Å²) < 4.78 is 10.6. The topological polar surface area (TPSA) is 84.0 Å². The monoisotopic (exact) mass is 412 g/mol. The Morgan fingerprint density at radius 3 is 2.40 bits per heavy atom. The fraction of sp³-hybridized carbons (Fsp3) is 0.391. The van der Waals surface area contributed by atoms with Crippen LogP contribution >= 0.6 is 0 Å². The van der Waals surface area contributed by atoms with Crippen LogP contribution in [-0.4, -0.2) is 45.7 Å². The molecule has 0 aliphatic rings. The lowest BCUT2D eigenvalue weighted by Crippen LogP contribution is -2.38. The number of nitrogens with one attached hydrogen (secondary N) is 3. The van der Waals surface area contributed by atoms with Gasteiger partial charge in [-0.05, 0) is 36.6 Å². The van der Waals surface area contributed by atoms with Crippen molar-refractivity contribution in [2.45, 2.75) is 26.3 Å². The van der Waals surface area contributed by atoms with Crippen LogP contribution in [0.25, 0.3) is 0 Å². The van der Waals surface area contributed by atoms with Gasteiger partial charge >= 0.3 is 0 Å². The van der Waals surface area contributed by atoms with Crippen molar-refractivity contribution in [3.8, 4) is 11.5 Å². The number of guanidine groups is 1. The summed E-state index contributed by atoms with van der Waals surface area (Å²) in [5.74, 6) is 2.13. The lowest BCUT2D eigenvalue weighted by Gasteiger charge is -2.13. The average molecular weight is 413 g/mol. The Morgan fingerprint density at radius 2 is 1.70 bits per heavy atom. The molecule has 0 aliphatic carbocycles. The highest BCUT2D eigenvalue weighted by Gasteiger charge is 2.05. The van der Waals surface area contributed by atoms with Gasteiger partial charge in [-0.15, -0.1) is 0 Å². The Morgan fingerprint density at radius 1 is 0.933 bits per heavy atom. The zero-order valence-electron chi connectivity index (χ0n) is 18.0. The van der Waals surface area contributed by atoms with E-state index >= 15 is 0 Å². The van der Waals surface area contributed by atoms with E-state index in [1.54, 1.807) is 14.2 Å². The second kappa shape index (κ2) is 13.1. The molecular formula is C23H32N4O3. The quantitative estimate of drug-likeness (QED) is 0.390. The van der Waals surface area contributed by atoms with Gasteiger partial charge in [0.1, 0.15) is 0 Å². The van der Waals surface area contributed by atoms with Crippen molar-refractivity contribution in [1.82, 2.24) is 16.0 Å². The summed E-state index contributed by atoms with van der Waals surface area (Å²) in [6.07, 6.45) is 1.15. The molecule has 0 bridgehead atoms. The van der Waals surface area contributed by atoms with Crippen LogP contribution < -0.4 is 25.4 Å². The molecule has 7 nitrogen and oxygen atoms in total. The van der Waals surface area contributed by atoms with Gasteiger partial charge in [-0.2, -0.15) is 0 Å². The number of aliphatic imine (C=N–C) groups is 1. The first-order chi connectivity index (χ1) is 14.7. The third kappa shape index (κ3) is 8.03. The summed E-state index contributed by atoms with van der Waals surface area (Å²) in [5.41, 5.74) is 2.22. The minimum atomic E-state index is -0.0104. The van der Waals surface area contributed by atoms with Gasteiger partial charge in [0.25, 0.3) is 0 Å². The Bertz CT molecular complexity index is 809. The Hall–Kier alpha value is -3.22. The zero-order valence-corrected chi connectivity index (χ0v) is 18.0. The molecule has 2 aromatic rings. The molecule has 0 saturated heterocycles. The first-order valence-corrected chi connectivity index (χ1v) is 10.2. The van der Waals surface area contributed by atoms with Crippen LogP contribution in [-0.2, 0) is 17.8 Å². The number of benzene rings is 2. The third-order valence-corrected chi connectivity index (χ3v) is 4.44. The van der Waals surface area contributed by atoms with E-state index in [-0.39, 0.29) is 5.91 Å². The maximum atomic E-state index is 12.0. The van der Waals surface area contributed by atoms with Gasteiger partial charge in [0.15, 0.2) is 17.5 Å². The van der Waals surface area contributed by atoms with E-state index in [4.69, 9.17) is 9.47 Å². The SMILES string of the molecule is CCNC(=NCCC(=O)NCc1ccccc1)NCCc1ccc(OC)c(OC)c1. The summed E-state index contributed by atoms with van der Waals surface area (Å²) in [6.45, 7) is 4.43. The van der Waals surface area contributed by atoms with Crippen LogP contribution in [0.15, 0.2) is 53.5 Å². The summed E-state index contributed by atoms with van der Waals surface area (Å²) in [5, 5.41) is 9.42. The van der Waals surface area contributed by atoms with Gasteiger partial charge in [-0.25, -0.2) is 0 Å². The highest BCUT2D eigenvalue weighted by molar-refractivity contribution is 5.80. The number of ether oxygens (including phenoxy) is 2. The summed E-state index contributed by atoms with van der Waals surface area (Å²) in [4.78, 5) is 16.5. The van der Waals surface area contributed by atoms with Gasteiger partial charge in [0.05, 0.1) is 20.8 Å². The highest BCUT2D eigenvalue weighted by atomic mass is 16.5. The lowest BCUT2D eigenvalue weighted by molar-refractivity contribution is -0.121. The van der Waals surface area contributed by atoms with Crippen molar-refractivity contribution in [2.24, 2.45) is 4.99 Å². The number of methoxy groups -OCH3 is 2. The van der Waals surface area contributed by atoms with Crippen molar-refractivity contribution >= 4 is 11.9 Å². The Balaban J connectivity index is 1.76. The second-order valence-corrected chi connectivity index (χ2v) is 6.64. The molecule has 0 aliphatic heterocycles. The predicted octanol–water partition coefficient (Wildman–Crippen LogP) is 2.51. The molecule has 0 heterocycles. The zero-order chi connectivity index (χ0) is 21.6. The van der Waals surface area contributed by atoms with Gasteiger partial charge in [-0.3, -0.25) is 9.79 Å². The van der Waals surface area contributed by atoms with Crippen LogP contribution in [0.4, 0.5) is 0 Å². The maximum absolute atomic E-state index is 12.0. The molecule has 0 aromatic heterocycles. The molecule has 7 heteroatoms. The number of amides is 1. The molecule has 0 radical (unpaired) electrons. The van der Waals surface area contributed by atoms with E-state index in [1.807, 2.05) is 55.5 Å². The molecule has 0 saturated carbocycles. The summed E-state index contributed by atoms with van der Waals surface area (Å²) >= 11 is 0. The molecule has 0 spiro atoms. The number of rotatable bonds is 11. The third-order valence-electron chi connectivity index (χ3n) is 4.44. The molecule has 3 N–H and O–H groups in total. The number of hydrogen-bond donors (Lipinski definition) is 3. The number of carbonyl (C=O) groups excluding carboxylic acids is 1. The molecule has 0 fully saturated rings. The van der Waals surface area contributed by atoms with Crippen LogP contribution in [0.1, 0.15) is 24.5 Å². The van der Waals surface area contributed by atoms with Crippen molar-refractivity contribution in [2.75, 3.05) is 33.9 Å². The minimum Gasteiger partial charge on any atom is -0.493 e. The molecule has 2 aromatic carbocycles. The van der Waals surface area contributed by atoms with Crippen LogP contribution in [0, 0.1) is 0 Å². The van der Waals surface area contributed by atoms with Gasteiger partial charge < -0.3 is 25.4 Å². The normalized spacial score (nSPS) is 11.0. The predicted molar refractivity (Wildman–Crippen MR) is 120 cm³/mol. The van der Waals surface area contributed by atoms with Crippen molar-refractivity contribution in [3.05, 3.63) is 59.7 Å². The smallest absolute Gasteiger partial charge is 0.222 e. The molecule has 0 unspecified atom stereocenters. The fourth-order valence-electron chi connectivity index (χ4n) is 2.86. The van der Waals surface area contributed by atoms with Crippen molar-refractivity contribution in [1.29, 1.82) is 0 Å².